The first-order valence-corrected chi connectivity index (χ1v) is 7.32. The number of para-hydroxylation sites is 1. The average molecular weight is 336 g/mol. The van der Waals surface area contributed by atoms with E-state index < -0.39 is 0 Å². The summed E-state index contributed by atoms with van der Waals surface area (Å²) in [5.41, 5.74) is 1.24. The first-order chi connectivity index (χ1) is 9.79. The lowest BCUT2D eigenvalue weighted by Crippen LogP contribution is -2.09. The highest BCUT2D eigenvalue weighted by atomic mass is 79.9. The lowest BCUT2D eigenvalue weighted by atomic mass is 10.2. The van der Waals surface area contributed by atoms with Gasteiger partial charge in [-0.25, -0.2) is 0 Å². The Morgan fingerprint density at radius 1 is 0.950 bits per heavy atom. The third-order valence-electron chi connectivity index (χ3n) is 2.75. The molecule has 0 heterocycles. The third-order valence-corrected chi connectivity index (χ3v) is 3.41. The molecule has 0 atom stereocenters. The second-order valence-corrected chi connectivity index (χ2v) is 5.16. The van der Waals surface area contributed by atoms with Gasteiger partial charge in [-0.3, -0.25) is 0 Å². The topological polar surface area (TPSA) is 30.5 Å². The van der Waals surface area contributed by atoms with E-state index in [-0.39, 0.29) is 0 Å². The second-order valence-electron chi connectivity index (χ2n) is 4.30. The van der Waals surface area contributed by atoms with Crippen LogP contribution in [0.3, 0.4) is 0 Å². The van der Waals surface area contributed by atoms with Gasteiger partial charge < -0.3 is 14.8 Å². The molecule has 0 aliphatic rings. The number of halogens is 1. The Morgan fingerprint density at radius 2 is 1.65 bits per heavy atom. The molecule has 0 spiro atoms. The zero-order valence-corrected chi connectivity index (χ0v) is 13.0. The number of benzene rings is 2. The molecule has 0 radical (unpaired) electrons. The standard InChI is InChI=1S/C16H18BrNO2/c1-18-12-13-6-8-14(9-7-13)19-10-11-20-16-5-3-2-4-15(16)17/h2-9,18H,10-12H2,1H3. The van der Waals surface area contributed by atoms with Crippen molar-refractivity contribution in [3.63, 3.8) is 0 Å². The van der Waals surface area contributed by atoms with Crippen LogP contribution in [0.2, 0.25) is 0 Å². The number of nitrogens with one attached hydrogen (secondary N) is 1. The summed E-state index contributed by atoms with van der Waals surface area (Å²) in [5.74, 6) is 1.70. The Labute approximate surface area is 128 Å². The number of ether oxygens (including phenoxy) is 2. The van der Waals surface area contributed by atoms with Crippen molar-refractivity contribution in [3.8, 4) is 11.5 Å². The molecule has 0 bridgehead atoms. The highest BCUT2D eigenvalue weighted by Gasteiger charge is 1.99. The summed E-state index contributed by atoms with van der Waals surface area (Å²) in [6.07, 6.45) is 0. The molecule has 0 saturated heterocycles. The third kappa shape index (κ3) is 4.54. The highest BCUT2D eigenvalue weighted by molar-refractivity contribution is 9.10. The van der Waals surface area contributed by atoms with Crippen LogP contribution in [0.25, 0.3) is 0 Å². The van der Waals surface area contributed by atoms with E-state index >= 15 is 0 Å². The van der Waals surface area contributed by atoms with Crippen molar-refractivity contribution in [2.24, 2.45) is 0 Å². The molecule has 0 aliphatic heterocycles. The average Bonchev–Trinajstić information content (AvgIpc) is 2.47. The van der Waals surface area contributed by atoms with Crippen LogP contribution in [0.1, 0.15) is 5.56 Å². The second kappa shape index (κ2) is 7.92. The van der Waals surface area contributed by atoms with Crippen molar-refractivity contribution in [2.45, 2.75) is 6.54 Å². The van der Waals surface area contributed by atoms with E-state index in [1.807, 2.05) is 43.4 Å². The Hall–Kier alpha value is -1.52. The van der Waals surface area contributed by atoms with E-state index in [9.17, 15) is 0 Å². The van der Waals surface area contributed by atoms with Crippen LogP contribution in [0.5, 0.6) is 11.5 Å². The minimum atomic E-state index is 0.515. The monoisotopic (exact) mass is 335 g/mol. The summed E-state index contributed by atoms with van der Waals surface area (Å²) in [7, 11) is 1.93. The molecule has 2 aromatic carbocycles. The van der Waals surface area contributed by atoms with E-state index in [2.05, 4.69) is 33.4 Å². The Bertz CT molecular complexity index is 528. The maximum absolute atomic E-state index is 5.64. The molecule has 2 rings (SSSR count). The number of hydrogen-bond donors (Lipinski definition) is 1. The van der Waals surface area contributed by atoms with Crippen molar-refractivity contribution in [2.75, 3.05) is 20.3 Å². The molecule has 0 amide bonds. The quantitative estimate of drug-likeness (QED) is 0.784. The van der Waals surface area contributed by atoms with E-state index in [0.717, 1.165) is 22.5 Å². The number of rotatable bonds is 7. The Morgan fingerprint density at radius 3 is 2.35 bits per heavy atom. The summed E-state index contributed by atoms with van der Waals surface area (Å²) in [6, 6.07) is 15.9. The summed E-state index contributed by atoms with van der Waals surface area (Å²) >= 11 is 3.44. The summed E-state index contributed by atoms with van der Waals surface area (Å²) in [4.78, 5) is 0. The van der Waals surface area contributed by atoms with E-state index in [1.54, 1.807) is 0 Å². The van der Waals surface area contributed by atoms with E-state index in [0.29, 0.717) is 13.2 Å². The number of hydrogen-bond acceptors (Lipinski definition) is 3. The highest BCUT2D eigenvalue weighted by Crippen LogP contribution is 2.23. The maximum Gasteiger partial charge on any atom is 0.133 e. The van der Waals surface area contributed by atoms with Gasteiger partial charge in [-0.2, -0.15) is 0 Å². The molecule has 106 valence electrons. The van der Waals surface area contributed by atoms with Crippen molar-refractivity contribution >= 4 is 15.9 Å². The van der Waals surface area contributed by atoms with Gasteiger partial charge in [0.05, 0.1) is 4.47 Å². The van der Waals surface area contributed by atoms with Gasteiger partial charge in [0.1, 0.15) is 24.7 Å². The molecule has 0 aliphatic carbocycles. The van der Waals surface area contributed by atoms with Crippen LogP contribution < -0.4 is 14.8 Å². The van der Waals surface area contributed by atoms with Crippen molar-refractivity contribution in [1.29, 1.82) is 0 Å². The summed E-state index contributed by atoms with van der Waals surface area (Å²) in [6.45, 7) is 1.90. The molecule has 0 saturated carbocycles. The minimum absolute atomic E-state index is 0.515. The van der Waals surface area contributed by atoms with E-state index in [1.165, 1.54) is 5.56 Å². The molecule has 2 aromatic rings. The van der Waals surface area contributed by atoms with Gasteiger partial charge in [-0.05, 0) is 52.8 Å². The zero-order chi connectivity index (χ0) is 14.2. The predicted octanol–water partition coefficient (Wildman–Crippen LogP) is 3.63. The fraction of sp³-hybridized carbons (Fsp3) is 0.250. The summed E-state index contributed by atoms with van der Waals surface area (Å²) < 4.78 is 12.2. The van der Waals surface area contributed by atoms with Crippen LogP contribution in [0.4, 0.5) is 0 Å². The van der Waals surface area contributed by atoms with Crippen molar-refractivity contribution in [3.05, 3.63) is 58.6 Å². The maximum atomic E-state index is 5.64. The molecule has 0 fully saturated rings. The predicted molar refractivity (Wildman–Crippen MR) is 84.3 cm³/mol. The first kappa shape index (κ1) is 14.9. The van der Waals surface area contributed by atoms with Gasteiger partial charge in [-0.1, -0.05) is 24.3 Å². The van der Waals surface area contributed by atoms with Gasteiger partial charge in [0.15, 0.2) is 0 Å². The molecular formula is C16H18BrNO2. The normalized spacial score (nSPS) is 10.3. The summed E-state index contributed by atoms with van der Waals surface area (Å²) in [5, 5.41) is 3.11. The van der Waals surface area contributed by atoms with Gasteiger partial charge in [0, 0.05) is 6.54 Å². The first-order valence-electron chi connectivity index (χ1n) is 6.53. The van der Waals surface area contributed by atoms with Gasteiger partial charge in [-0.15, -0.1) is 0 Å². The molecule has 0 aromatic heterocycles. The van der Waals surface area contributed by atoms with Gasteiger partial charge >= 0.3 is 0 Å². The molecule has 0 unspecified atom stereocenters. The SMILES string of the molecule is CNCc1ccc(OCCOc2ccccc2Br)cc1. The van der Waals surface area contributed by atoms with Crippen LogP contribution in [-0.2, 0) is 6.54 Å². The smallest absolute Gasteiger partial charge is 0.133 e. The fourth-order valence-corrected chi connectivity index (χ4v) is 2.18. The zero-order valence-electron chi connectivity index (χ0n) is 11.4. The van der Waals surface area contributed by atoms with Crippen LogP contribution in [0.15, 0.2) is 53.0 Å². The van der Waals surface area contributed by atoms with Gasteiger partial charge in [0.25, 0.3) is 0 Å². The fourth-order valence-electron chi connectivity index (χ4n) is 1.78. The van der Waals surface area contributed by atoms with Crippen LogP contribution in [0, 0.1) is 0 Å². The van der Waals surface area contributed by atoms with Gasteiger partial charge in [0.2, 0.25) is 0 Å². The Kier molecular flexibility index (Phi) is 5.89. The minimum Gasteiger partial charge on any atom is -0.490 e. The van der Waals surface area contributed by atoms with Crippen LogP contribution >= 0.6 is 15.9 Å². The van der Waals surface area contributed by atoms with Crippen molar-refractivity contribution < 1.29 is 9.47 Å². The van der Waals surface area contributed by atoms with Crippen molar-refractivity contribution in [1.82, 2.24) is 5.32 Å². The molecule has 20 heavy (non-hydrogen) atoms. The van der Waals surface area contributed by atoms with E-state index in [4.69, 9.17) is 9.47 Å². The largest absolute Gasteiger partial charge is 0.490 e. The molecule has 1 N–H and O–H groups in total. The Balaban J connectivity index is 1.74. The molecular weight excluding hydrogens is 318 g/mol. The molecule has 3 nitrogen and oxygen atoms in total. The lowest BCUT2D eigenvalue weighted by Gasteiger charge is -2.10. The molecule has 4 heteroatoms. The van der Waals surface area contributed by atoms with Crippen LogP contribution in [-0.4, -0.2) is 20.3 Å². The lowest BCUT2D eigenvalue weighted by molar-refractivity contribution is 0.216.